The van der Waals surface area contributed by atoms with Gasteiger partial charge in [0, 0.05) is 82.1 Å². The molecule has 6 rings (SSSR count). The van der Waals surface area contributed by atoms with E-state index in [9.17, 15) is 35.2 Å². The fraction of sp³-hybridized carbons (Fsp3) is 0.435. The lowest BCUT2D eigenvalue weighted by atomic mass is 10.1. The average molecular weight is 926 g/mol. The molecule has 2 saturated heterocycles. The van der Waals surface area contributed by atoms with Crippen LogP contribution in [0, 0.1) is 11.6 Å². The second-order valence-electron chi connectivity index (χ2n) is 16.0. The van der Waals surface area contributed by atoms with E-state index in [1.165, 1.54) is 40.0 Å². The highest BCUT2D eigenvalue weighted by Crippen LogP contribution is 2.27. The molecule has 0 aliphatic carbocycles. The van der Waals surface area contributed by atoms with Crippen molar-refractivity contribution in [3.63, 3.8) is 0 Å². The van der Waals surface area contributed by atoms with Gasteiger partial charge in [-0.1, -0.05) is 42.5 Å². The number of likely N-dealkylation sites (N-methyl/N-ethyl adjacent to an activating group) is 2. The summed E-state index contributed by atoms with van der Waals surface area (Å²) in [5.74, 6) is -2.53. The van der Waals surface area contributed by atoms with Crippen molar-refractivity contribution in [2.24, 2.45) is 5.73 Å². The van der Waals surface area contributed by atoms with Gasteiger partial charge in [0.15, 0.2) is 5.78 Å². The summed E-state index contributed by atoms with van der Waals surface area (Å²) >= 11 is 0. The van der Waals surface area contributed by atoms with E-state index in [-0.39, 0.29) is 59.2 Å². The molecule has 2 fully saturated rings. The lowest BCUT2D eigenvalue weighted by Crippen LogP contribution is -2.43. The van der Waals surface area contributed by atoms with E-state index in [0.717, 1.165) is 88.7 Å². The van der Waals surface area contributed by atoms with Crippen LogP contribution in [0.5, 0.6) is 0 Å². The topological polar surface area (TPSA) is 157 Å². The number of anilines is 2. The number of nitrogens with two attached hydrogens (primary N) is 1. The molecule has 14 nitrogen and oxygen atoms in total. The van der Waals surface area contributed by atoms with E-state index in [1.807, 2.05) is 36.4 Å². The van der Waals surface area contributed by atoms with Crippen molar-refractivity contribution in [3.8, 4) is 0 Å². The van der Waals surface area contributed by atoms with Gasteiger partial charge in [0.05, 0.1) is 55.2 Å². The van der Waals surface area contributed by atoms with Gasteiger partial charge in [-0.25, -0.2) is 30.4 Å². The lowest BCUT2D eigenvalue weighted by molar-refractivity contribution is 0.0600. The molecule has 0 radical (unpaired) electrons. The van der Waals surface area contributed by atoms with Gasteiger partial charge in [-0.05, 0) is 81.5 Å². The number of ether oxygens (including phenoxy) is 1. The first kappa shape index (κ1) is 50.2. The number of hydrogen-bond donors (Lipinski definition) is 1. The number of ketones is 1. The van der Waals surface area contributed by atoms with E-state index >= 15 is 0 Å². The standard InChI is InChI=1S/C23H31FN4O3S.C23H30FN3O4S/c1-3-32(30,31)28(17-20-8-7-19(14-22(20)24)23(29)15-25)21-6-4-5-18(13-21)16-27-11-9-26(2)10-12-27;1-4-32(29,30)27(17-20-9-8-19(15-22(20)24)23(28)31-3)21-7-5-6-18(14-21)16-26-12-10-25(2)11-13-26/h4-8,13-14H,3,9-12,15-17,25H2,1-2H3;5-9,14-15H,4,10-13,16-17H2,1-3H3. The number of nitrogens with zero attached hydrogens (tertiary/aromatic N) is 6. The predicted molar refractivity (Wildman–Crippen MR) is 247 cm³/mol. The maximum atomic E-state index is 14.7. The van der Waals surface area contributed by atoms with Crippen molar-refractivity contribution in [3.05, 3.63) is 130 Å². The Kier molecular flexibility index (Phi) is 17.9. The van der Waals surface area contributed by atoms with Gasteiger partial charge in [0.1, 0.15) is 11.6 Å². The molecule has 0 amide bonds. The van der Waals surface area contributed by atoms with E-state index in [1.54, 1.807) is 26.0 Å². The highest BCUT2D eigenvalue weighted by atomic mass is 32.2. The number of Topliss-reactive ketones (excluding diaryl/α,β-unsaturated/α-hetero) is 1. The van der Waals surface area contributed by atoms with Gasteiger partial charge in [-0.3, -0.25) is 23.2 Å². The summed E-state index contributed by atoms with van der Waals surface area (Å²) in [7, 11) is -1.90. The highest BCUT2D eigenvalue weighted by Gasteiger charge is 2.26. The average Bonchev–Trinajstić information content (AvgIpc) is 3.29. The fourth-order valence-corrected chi connectivity index (χ4v) is 9.52. The van der Waals surface area contributed by atoms with Gasteiger partial charge >= 0.3 is 5.97 Å². The van der Waals surface area contributed by atoms with Crippen LogP contribution in [0.2, 0.25) is 0 Å². The SMILES string of the molecule is CCS(=O)(=O)N(Cc1ccc(C(=O)CN)cc1F)c1cccc(CN2CCN(C)CC2)c1.CCS(=O)(=O)N(Cc1ccc(C(=O)OC)cc1F)c1cccc(CN2CCN(C)CC2)c1. The molecule has 0 atom stereocenters. The van der Waals surface area contributed by atoms with Crippen LogP contribution in [0.1, 0.15) is 56.8 Å². The van der Waals surface area contributed by atoms with Crippen molar-refractivity contribution in [2.45, 2.75) is 40.0 Å². The Balaban J connectivity index is 0.000000241. The summed E-state index contributed by atoms with van der Waals surface area (Å²) in [5.41, 5.74) is 8.98. The molecule has 2 N–H and O–H groups in total. The van der Waals surface area contributed by atoms with E-state index in [2.05, 4.69) is 38.4 Å². The molecule has 64 heavy (non-hydrogen) atoms. The summed E-state index contributed by atoms with van der Waals surface area (Å²) in [4.78, 5) is 32.6. The van der Waals surface area contributed by atoms with Crippen molar-refractivity contribution >= 4 is 43.2 Å². The summed E-state index contributed by atoms with van der Waals surface area (Å²) < 4.78 is 88.1. The van der Waals surface area contributed by atoms with E-state index in [4.69, 9.17) is 5.73 Å². The highest BCUT2D eigenvalue weighted by molar-refractivity contribution is 7.93. The van der Waals surface area contributed by atoms with Crippen LogP contribution in [-0.2, 0) is 51.0 Å². The number of hydrogen-bond acceptors (Lipinski definition) is 12. The van der Waals surface area contributed by atoms with Gasteiger partial charge in [-0.15, -0.1) is 0 Å². The smallest absolute Gasteiger partial charge is 0.337 e. The molecule has 4 aromatic carbocycles. The zero-order valence-corrected chi connectivity index (χ0v) is 39.0. The number of rotatable bonds is 17. The van der Waals surface area contributed by atoms with E-state index < -0.39 is 37.7 Å². The van der Waals surface area contributed by atoms with Crippen molar-refractivity contribution in [1.29, 1.82) is 0 Å². The Morgan fingerprint density at radius 1 is 0.625 bits per heavy atom. The number of carbonyl (C=O) groups is 2. The quantitative estimate of drug-likeness (QED) is 0.114. The predicted octanol–water partition coefficient (Wildman–Crippen LogP) is 4.79. The molecule has 0 spiro atoms. The van der Waals surface area contributed by atoms with Crippen LogP contribution in [0.4, 0.5) is 20.2 Å². The molecule has 4 aromatic rings. The molecular weight excluding hydrogens is 865 g/mol. The third-order valence-electron chi connectivity index (χ3n) is 11.5. The third-order valence-corrected chi connectivity index (χ3v) is 14.9. The summed E-state index contributed by atoms with van der Waals surface area (Å²) in [5, 5.41) is 0. The van der Waals surface area contributed by atoms with Crippen molar-refractivity contribution in [1.82, 2.24) is 19.6 Å². The number of sulfonamides is 2. The number of halogens is 2. The number of methoxy groups -OCH3 is 1. The molecule has 18 heteroatoms. The molecule has 2 aliphatic rings. The van der Waals surface area contributed by atoms with E-state index in [0.29, 0.717) is 11.4 Å². The minimum Gasteiger partial charge on any atom is -0.465 e. The number of piperazine rings is 2. The fourth-order valence-electron chi connectivity index (χ4n) is 7.36. The van der Waals surface area contributed by atoms with Crippen molar-refractivity contribution in [2.75, 3.05) is 100 Å². The Morgan fingerprint density at radius 3 is 1.41 bits per heavy atom. The van der Waals surface area contributed by atoms with Crippen LogP contribution in [-0.4, -0.2) is 140 Å². The molecule has 0 bridgehead atoms. The first-order valence-electron chi connectivity index (χ1n) is 21.4. The second kappa shape index (κ2) is 22.9. The van der Waals surface area contributed by atoms with Crippen molar-refractivity contribution < 1.29 is 39.9 Å². The summed E-state index contributed by atoms with van der Waals surface area (Å²) in [6.07, 6.45) is 0. The molecular formula is C46H61F2N7O7S2. The maximum absolute atomic E-state index is 14.7. The Bertz CT molecular complexity index is 2280. The van der Waals surface area contributed by atoms with Crippen LogP contribution in [0.15, 0.2) is 84.9 Å². The second-order valence-corrected chi connectivity index (χ2v) is 20.4. The molecule has 0 saturated carbocycles. The molecule has 0 aromatic heterocycles. The molecule has 2 heterocycles. The first-order valence-corrected chi connectivity index (χ1v) is 24.6. The summed E-state index contributed by atoms with van der Waals surface area (Å²) in [6.45, 7) is 11.9. The zero-order chi connectivity index (χ0) is 46.6. The molecule has 2 aliphatic heterocycles. The largest absolute Gasteiger partial charge is 0.465 e. The van der Waals surface area contributed by atoms with Crippen LogP contribution in [0.3, 0.4) is 0 Å². The normalized spacial score (nSPS) is 15.6. The minimum atomic E-state index is -3.66. The van der Waals surface area contributed by atoms with Gasteiger partial charge in [0.2, 0.25) is 20.0 Å². The van der Waals surface area contributed by atoms with Crippen LogP contribution >= 0.6 is 0 Å². The molecule has 348 valence electrons. The van der Waals surface area contributed by atoms with Gasteiger partial charge < -0.3 is 20.3 Å². The number of benzene rings is 4. The Morgan fingerprint density at radius 2 is 1.03 bits per heavy atom. The zero-order valence-electron chi connectivity index (χ0n) is 37.4. The van der Waals surface area contributed by atoms with Crippen LogP contribution < -0.4 is 14.3 Å². The van der Waals surface area contributed by atoms with Crippen LogP contribution in [0.25, 0.3) is 0 Å². The first-order chi connectivity index (χ1) is 30.5. The Labute approximate surface area is 377 Å². The van der Waals surface area contributed by atoms with Gasteiger partial charge in [-0.2, -0.15) is 0 Å². The summed E-state index contributed by atoms with van der Waals surface area (Å²) in [6, 6.07) is 22.8. The number of carbonyl (C=O) groups excluding carboxylic acids is 2. The lowest BCUT2D eigenvalue weighted by Gasteiger charge is -2.32. The number of esters is 1. The minimum absolute atomic E-state index is 0.0767. The monoisotopic (exact) mass is 925 g/mol. The van der Waals surface area contributed by atoms with Gasteiger partial charge in [0.25, 0.3) is 0 Å². The third kappa shape index (κ3) is 13.6. The maximum Gasteiger partial charge on any atom is 0.337 e. The Hall–Kier alpha value is -4.82. The molecule has 0 unspecified atom stereocenters.